The van der Waals surface area contributed by atoms with Gasteiger partial charge in [0.05, 0.1) is 11.8 Å². The molecule has 138 valence electrons. The van der Waals surface area contributed by atoms with Gasteiger partial charge in [0.2, 0.25) is 5.91 Å². The molecule has 2 aromatic rings. The molecule has 0 spiro atoms. The number of carbonyl (C=O) groups excluding carboxylic acids is 2. The second kappa shape index (κ2) is 6.85. The Morgan fingerprint density at radius 3 is 2.81 bits per heavy atom. The van der Waals surface area contributed by atoms with Gasteiger partial charge in [-0.05, 0) is 43.0 Å². The van der Waals surface area contributed by atoms with Crippen molar-refractivity contribution < 1.29 is 9.59 Å². The van der Waals surface area contributed by atoms with Crippen molar-refractivity contribution in [2.45, 2.75) is 57.7 Å². The van der Waals surface area contributed by atoms with Gasteiger partial charge in [-0.15, -0.1) is 5.10 Å². The minimum Gasteiger partial charge on any atom is -0.353 e. The molecule has 1 aliphatic heterocycles. The van der Waals surface area contributed by atoms with Gasteiger partial charge in [0.25, 0.3) is 5.91 Å². The molecule has 0 radical (unpaired) electrons. The summed E-state index contributed by atoms with van der Waals surface area (Å²) in [7, 11) is 0. The summed E-state index contributed by atoms with van der Waals surface area (Å²) in [6.45, 7) is 2.49. The summed E-state index contributed by atoms with van der Waals surface area (Å²) in [5.41, 5.74) is 1.32. The SMILES string of the molecule is Cc1[nH]ncc1C(=O)NC1CC(NC(=O)C2CCc3nnnn3CC2)C1. The maximum atomic E-state index is 12.5. The third kappa shape index (κ3) is 3.31. The number of aryl methyl sites for hydroxylation is 3. The highest BCUT2D eigenvalue weighted by Crippen LogP contribution is 2.23. The van der Waals surface area contributed by atoms with Crippen molar-refractivity contribution in [2.75, 3.05) is 0 Å². The van der Waals surface area contributed by atoms with E-state index in [0.29, 0.717) is 12.1 Å². The first-order valence-corrected chi connectivity index (χ1v) is 8.96. The molecule has 3 N–H and O–H groups in total. The van der Waals surface area contributed by atoms with Crippen molar-refractivity contribution in [2.24, 2.45) is 5.92 Å². The number of amides is 2. The lowest BCUT2D eigenvalue weighted by molar-refractivity contribution is -0.126. The van der Waals surface area contributed by atoms with E-state index in [0.717, 1.165) is 43.6 Å². The predicted molar refractivity (Wildman–Crippen MR) is 90.0 cm³/mol. The van der Waals surface area contributed by atoms with Crippen LogP contribution in [0.25, 0.3) is 0 Å². The van der Waals surface area contributed by atoms with E-state index in [2.05, 4.69) is 36.4 Å². The second-order valence-electron chi connectivity index (χ2n) is 7.10. The van der Waals surface area contributed by atoms with Crippen molar-refractivity contribution in [1.82, 2.24) is 41.0 Å². The van der Waals surface area contributed by atoms with Crippen LogP contribution in [-0.2, 0) is 17.8 Å². The molecule has 10 heteroatoms. The molecule has 2 amide bonds. The van der Waals surface area contributed by atoms with Crippen LogP contribution >= 0.6 is 0 Å². The van der Waals surface area contributed by atoms with Crippen LogP contribution in [0.4, 0.5) is 0 Å². The maximum absolute atomic E-state index is 12.5. The fourth-order valence-corrected chi connectivity index (χ4v) is 3.58. The topological polar surface area (TPSA) is 130 Å². The van der Waals surface area contributed by atoms with E-state index in [9.17, 15) is 9.59 Å². The third-order valence-electron chi connectivity index (χ3n) is 5.28. The van der Waals surface area contributed by atoms with E-state index >= 15 is 0 Å². The van der Waals surface area contributed by atoms with Gasteiger partial charge in [-0.3, -0.25) is 14.7 Å². The number of carbonyl (C=O) groups is 2. The summed E-state index contributed by atoms with van der Waals surface area (Å²) in [5, 5.41) is 24.3. The summed E-state index contributed by atoms with van der Waals surface area (Å²) >= 11 is 0. The van der Waals surface area contributed by atoms with Crippen molar-refractivity contribution in [3.63, 3.8) is 0 Å². The molecule has 2 aliphatic rings. The maximum Gasteiger partial charge on any atom is 0.254 e. The number of hydrogen-bond acceptors (Lipinski definition) is 6. The number of H-pyrrole nitrogens is 1. The highest BCUT2D eigenvalue weighted by Gasteiger charge is 2.34. The summed E-state index contributed by atoms with van der Waals surface area (Å²) in [4.78, 5) is 24.7. The average molecular weight is 358 g/mol. The normalized spacial score (nSPS) is 24.9. The molecule has 1 aliphatic carbocycles. The average Bonchev–Trinajstić information content (AvgIpc) is 3.17. The molecule has 1 atom stereocenters. The number of fused-ring (bicyclic) bond motifs is 1. The number of aromatic amines is 1. The quantitative estimate of drug-likeness (QED) is 0.690. The zero-order chi connectivity index (χ0) is 18.1. The number of hydrogen-bond donors (Lipinski definition) is 3. The molecule has 1 saturated carbocycles. The lowest BCUT2D eigenvalue weighted by Gasteiger charge is -2.37. The van der Waals surface area contributed by atoms with Crippen molar-refractivity contribution in [3.8, 4) is 0 Å². The predicted octanol–water partition coefficient (Wildman–Crippen LogP) is -0.266. The molecule has 0 saturated heterocycles. The molecule has 2 aromatic heterocycles. The van der Waals surface area contributed by atoms with Crippen molar-refractivity contribution in [1.29, 1.82) is 0 Å². The van der Waals surface area contributed by atoms with E-state index in [1.54, 1.807) is 4.68 Å². The van der Waals surface area contributed by atoms with E-state index < -0.39 is 0 Å². The Morgan fingerprint density at radius 2 is 2.04 bits per heavy atom. The Hall–Kier alpha value is -2.78. The van der Waals surface area contributed by atoms with Crippen LogP contribution in [0.2, 0.25) is 0 Å². The summed E-state index contributed by atoms with van der Waals surface area (Å²) < 4.78 is 1.78. The fourth-order valence-electron chi connectivity index (χ4n) is 3.58. The van der Waals surface area contributed by atoms with E-state index in [4.69, 9.17) is 0 Å². The molecular weight excluding hydrogens is 336 g/mol. The van der Waals surface area contributed by atoms with E-state index in [1.165, 1.54) is 6.20 Å². The van der Waals surface area contributed by atoms with Crippen LogP contribution < -0.4 is 10.6 Å². The Labute approximate surface area is 150 Å². The Kier molecular flexibility index (Phi) is 4.39. The molecule has 1 unspecified atom stereocenters. The minimum atomic E-state index is -0.120. The number of tetrazole rings is 1. The third-order valence-corrected chi connectivity index (χ3v) is 5.28. The summed E-state index contributed by atoms with van der Waals surface area (Å²) in [6.07, 6.45) is 5.28. The van der Waals surface area contributed by atoms with Gasteiger partial charge in [0.1, 0.15) is 0 Å². The summed E-state index contributed by atoms with van der Waals surface area (Å²) in [5.74, 6) is 0.788. The number of aromatic nitrogens is 6. The first-order chi connectivity index (χ1) is 12.6. The van der Waals surface area contributed by atoms with Gasteiger partial charge in [0.15, 0.2) is 5.82 Å². The van der Waals surface area contributed by atoms with Crippen molar-refractivity contribution >= 4 is 11.8 Å². The fraction of sp³-hybridized carbons (Fsp3) is 0.625. The molecule has 3 heterocycles. The van der Waals surface area contributed by atoms with Crippen LogP contribution in [0.15, 0.2) is 6.20 Å². The minimum absolute atomic E-state index is 0.0271. The van der Waals surface area contributed by atoms with Gasteiger partial charge in [-0.1, -0.05) is 0 Å². The molecule has 4 rings (SSSR count). The van der Waals surface area contributed by atoms with Crippen LogP contribution in [0.1, 0.15) is 47.6 Å². The largest absolute Gasteiger partial charge is 0.353 e. The molecule has 0 aromatic carbocycles. The smallest absolute Gasteiger partial charge is 0.254 e. The van der Waals surface area contributed by atoms with E-state index in [-0.39, 0.29) is 29.8 Å². The van der Waals surface area contributed by atoms with Gasteiger partial charge in [-0.25, -0.2) is 4.68 Å². The lowest BCUT2D eigenvalue weighted by Crippen LogP contribution is -2.54. The first-order valence-electron chi connectivity index (χ1n) is 8.96. The number of rotatable bonds is 4. The zero-order valence-corrected chi connectivity index (χ0v) is 14.6. The highest BCUT2D eigenvalue weighted by molar-refractivity contribution is 5.95. The van der Waals surface area contributed by atoms with Gasteiger partial charge >= 0.3 is 0 Å². The Morgan fingerprint density at radius 1 is 1.23 bits per heavy atom. The van der Waals surface area contributed by atoms with Crippen LogP contribution in [0.5, 0.6) is 0 Å². The van der Waals surface area contributed by atoms with Crippen LogP contribution in [0, 0.1) is 12.8 Å². The standard InChI is InChI=1S/C16H22N8O2/c1-9-13(8-17-20-9)16(26)19-12-6-11(7-12)18-15(25)10-2-3-14-21-22-23-24(14)5-4-10/h8,10-12H,2-7H2,1H3,(H,17,20)(H,18,25)(H,19,26). The lowest BCUT2D eigenvalue weighted by atomic mass is 9.85. The van der Waals surface area contributed by atoms with Gasteiger partial charge < -0.3 is 10.6 Å². The van der Waals surface area contributed by atoms with Gasteiger partial charge in [0, 0.05) is 36.7 Å². The first kappa shape index (κ1) is 16.7. The monoisotopic (exact) mass is 358 g/mol. The van der Waals surface area contributed by atoms with Crippen molar-refractivity contribution in [3.05, 3.63) is 23.3 Å². The molecule has 0 bridgehead atoms. The Bertz CT molecular complexity index is 784. The van der Waals surface area contributed by atoms with E-state index in [1.807, 2.05) is 6.92 Å². The molecule has 10 nitrogen and oxygen atoms in total. The Balaban J connectivity index is 1.22. The van der Waals surface area contributed by atoms with Crippen LogP contribution in [-0.4, -0.2) is 54.3 Å². The highest BCUT2D eigenvalue weighted by atomic mass is 16.2. The molecule has 1 fully saturated rings. The molecular formula is C16H22N8O2. The zero-order valence-electron chi connectivity index (χ0n) is 14.6. The number of nitrogens with one attached hydrogen (secondary N) is 3. The molecule has 26 heavy (non-hydrogen) atoms. The van der Waals surface area contributed by atoms with Gasteiger partial charge in [-0.2, -0.15) is 5.10 Å². The van der Waals surface area contributed by atoms with Crippen LogP contribution in [0.3, 0.4) is 0 Å². The second-order valence-corrected chi connectivity index (χ2v) is 7.10. The number of nitrogens with zero attached hydrogens (tertiary/aromatic N) is 5. The summed E-state index contributed by atoms with van der Waals surface area (Å²) in [6, 6.07) is 0.217.